The van der Waals surface area contributed by atoms with Crippen molar-refractivity contribution >= 4 is 18.0 Å². The van der Waals surface area contributed by atoms with Crippen LogP contribution in [0.4, 0.5) is 0 Å². The summed E-state index contributed by atoms with van der Waals surface area (Å²) in [5.41, 5.74) is 2.01. The smallest absolute Gasteiger partial charge is 0.337 e. The molecule has 0 bridgehead atoms. The van der Waals surface area contributed by atoms with E-state index in [9.17, 15) is 9.59 Å². The normalized spacial score (nSPS) is 10.5. The largest absolute Gasteiger partial charge is 0.490 e. The van der Waals surface area contributed by atoms with E-state index in [-0.39, 0.29) is 6.61 Å². The minimum absolute atomic E-state index is 0.109. The first-order chi connectivity index (χ1) is 13.6. The predicted octanol–water partition coefficient (Wildman–Crippen LogP) is 4.03. The zero-order valence-electron chi connectivity index (χ0n) is 16.3. The second-order valence-electron chi connectivity index (χ2n) is 5.70. The van der Waals surface area contributed by atoms with Crippen LogP contribution in [0.15, 0.2) is 48.5 Å². The highest BCUT2D eigenvalue weighted by atomic mass is 16.5. The van der Waals surface area contributed by atoms with Gasteiger partial charge in [0, 0.05) is 6.08 Å². The van der Waals surface area contributed by atoms with Gasteiger partial charge >= 0.3 is 11.9 Å². The molecule has 28 heavy (non-hydrogen) atoms. The maximum Gasteiger partial charge on any atom is 0.337 e. The van der Waals surface area contributed by atoms with Crippen LogP contribution in [-0.4, -0.2) is 32.3 Å². The molecule has 6 heteroatoms. The summed E-state index contributed by atoms with van der Waals surface area (Å²) >= 11 is 0. The number of carbonyl (C=O) groups excluding carboxylic acids is 2. The van der Waals surface area contributed by atoms with Gasteiger partial charge in [0.1, 0.15) is 6.61 Å². The Hall–Kier alpha value is -3.28. The van der Waals surface area contributed by atoms with Gasteiger partial charge in [-0.1, -0.05) is 18.2 Å². The molecule has 0 saturated carbocycles. The molecule has 2 rings (SSSR count). The molecule has 0 unspecified atom stereocenters. The molecule has 0 fully saturated rings. The van der Waals surface area contributed by atoms with E-state index in [2.05, 4.69) is 4.74 Å². The van der Waals surface area contributed by atoms with Gasteiger partial charge in [-0.25, -0.2) is 9.59 Å². The molecular formula is C22H24O6. The molecule has 2 aromatic rings. The SMILES string of the molecule is CCOc1ccc(/C=C/C(=O)OCc2ccc(C(=O)OC)cc2)cc1OCC. The predicted molar refractivity (Wildman–Crippen MR) is 105 cm³/mol. The summed E-state index contributed by atoms with van der Waals surface area (Å²) in [6, 6.07) is 12.1. The zero-order valence-corrected chi connectivity index (χ0v) is 16.3. The van der Waals surface area contributed by atoms with Crippen molar-refractivity contribution < 1.29 is 28.5 Å². The number of rotatable bonds is 9. The third kappa shape index (κ3) is 6.16. The van der Waals surface area contributed by atoms with Gasteiger partial charge in [0.05, 0.1) is 25.9 Å². The van der Waals surface area contributed by atoms with Crippen LogP contribution in [0.2, 0.25) is 0 Å². The molecule has 2 aromatic carbocycles. The molecule has 148 valence electrons. The van der Waals surface area contributed by atoms with E-state index in [1.165, 1.54) is 13.2 Å². The fraction of sp³-hybridized carbons (Fsp3) is 0.273. The average molecular weight is 384 g/mol. The Kier molecular flexibility index (Phi) is 8.09. The van der Waals surface area contributed by atoms with Gasteiger partial charge in [-0.2, -0.15) is 0 Å². The standard InChI is InChI=1S/C22H24O6/c1-4-26-19-12-8-16(14-20(19)27-5-2)9-13-21(23)28-15-17-6-10-18(11-7-17)22(24)25-3/h6-14H,4-5,15H2,1-3H3/b13-9+. The van der Waals surface area contributed by atoms with E-state index in [1.807, 2.05) is 32.0 Å². The summed E-state index contributed by atoms with van der Waals surface area (Å²) < 4.78 is 20.9. The topological polar surface area (TPSA) is 71.1 Å². The fourth-order valence-corrected chi connectivity index (χ4v) is 2.39. The highest BCUT2D eigenvalue weighted by Crippen LogP contribution is 2.29. The number of carbonyl (C=O) groups is 2. The van der Waals surface area contributed by atoms with Crippen molar-refractivity contribution in [2.24, 2.45) is 0 Å². The van der Waals surface area contributed by atoms with Gasteiger partial charge in [0.2, 0.25) is 0 Å². The highest BCUT2D eigenvalue weighted by molar-refractivity contribution is 5.89. The van der Waals surface area contributed by atoms with Gasteiger partial charge in [-0.3, -0.25) is 0 Å². The molecule has 0 spiro atoms. The lowest BCUT2D eigenvalue weighted by Gasteiger charge is -2.11. The maximum atomic E-state index is 12.0. The molecule has 0 aliphatic rings. The van der Waals surface area contributed by atoms with Crippen LogP contribution in [0.5, 0.6) is 11.5 Å². The van der Waals surface area contributed by atoms with Crippen LogP contribution in [0.3, 0.4) is 0 Å². The van der Waals surface area contributed by atoms with Crippen LogP contribution < -0.4 is 9.47 Å². The summed E-state index contributed by atoms with van der Waals surface area (Å²) in [5.74, 6) is 0.419. The number of methoxy groups -OCH3 is 1. The van der Waals surface area contributed by atoms with Crippen molar-refractivity contribution in [3.8, 4) is 11.5 Å². The molecule has 0 saturated heterocycles. The zero-order chi connectivity index (χ0) is 20.4. The Morgan fingerprint density at radius 2 is 1.61 bits per heavy atom. The van der Waals surface area contributed by atoms with Crippen LogP contribution in [0.1, 0.15) is 35.3 Å². The van der Waals surface area contributed by atoms with Gasteiger partial charge in [0.25, 0.3) is 0 Å². The molecule has 0 amide bonds. The van der Waals surface area contributed by atoms with E-state index in [1.54, 1.807) is 30.3 Å². The number of hydrogen-bond acceptors (Lipinski definition) is 6. The number of hydrogen-bond donors (Lipinski definition) is 0. The third-order valence-electron chi connectivity index (χ3n) is 3.74. The Labute approximate surface area is 164 Å². The summed E-state index contributed by atoms with van der Waals surface area (Å²) in [7, 11) is 1.33. The van der Waals surface area contributed by atoms with Crippen LogP contribution in [-0.2, 0) is 20.9 Å². The fourth-order valence-electron chi connectivity index (χ4n) is 2.39. The van der Waals surface area contributed by atoms with E-state index < -0.39 is 11.9 Å². The van der Waals surface area contributed by atoms with Gasteiger partial charge in [0.15, 0.2) is 11.5 Å². The van der Waals surface area contributed by atoms with E-state index in [0.717, 1.165) is 11.1 Å². The van der Waals surface area contributed by atoms with Gasteiger partial charge in [-0.15, -0.1) is 0 Å². The number of ether oxygens (including phenoxy) is 4. The van der Waals surface area contributed by atoms with E-state index in [4.69, 9.17) is 14.2 Å². The summed E-state index contributed by atoms with van der Waals surface area (Å²) in [6.07, 6.45) is 3.01. The van der Waals surface area contributed by atoms with Crippen LogP contribution >= 0.6 is 0 Å². The van der Waals surface area contributed by atoms with Crippen LogP contribution in [0, 0.1) is 0 Å². The van der Waals surface area contributed by atoms with Crippen molar-refractivity contribution in [1.29, 1.82) is 0 Å². The Balaban J connectivity index is 1.94. The monoisotopic (exact) mass is 384 g/mol. The molecule has 0 radical (unpaired) electrons. The lowest BCUT2D eigenvalue weighted by Crippen LogP contribution is -2.03. The van der Waals surface area contributed by atoms with Gasteiger partial charge < -0.3 is 18.9 Å². The maximum absolute atomic E-state index is 12.0. The van der Waals surface area contributed by atoms with Crippen molar-refractivity contribution in [2.45, 2.75) is 20.5 Å². The Morgan fingerprint density at radius 3 is 2.25 bits per heavy atom. The first-order valence-corrected chi connectivity index (χ1v) is 8.99. The van der Waals surface area contributed by atoms with Crippen molar-refractivity contribution in [1.82, 2.24) is 0 Å². The second kappa shape index (κ2) is 10.8. The lowest BCUT2D eigenvalue weighted by atomic mass is 10.1. The molecule has 0 aliphatic heterocycles. The molecule has 0 aromatic heterocycles. The van der Waals surface area contributed by atoms with E-state index in [0.29, 0.717) is 30.3 Å². The molecule has 0 aliphatic carbocycles. The first kappa shape index (κ1) is 21.0. The minimum atomic E-state index is -0.469. The molecular weight excluding hydrogens is 360 g/mol. The second-order valence-corrected chi connectivity index (χ2v) is 5.70. The summed E-state index contributed by atoms with van der Waals surface area (Å²) in [5, 5.41) is 0. The lowest BCUT2D eigenvalue weighted by molar-refractivity contribution is -0.138. The molecule has 0 atom stereocenters. The first-order valence-electron chi connectivity index (χ1n) is 8.99. The van der Waals surface area contributed by atoms with Crippen molar-refractivity contribution in [3.05, 3.63) is 65.2 Å². The highest BCUT2D eigenvalue weighted by Gasteiger charge is 2.07. The Bertz CT molecular complexity index is 823. The molecule has 0 heterocycles. The molecule has 0 N–H and O–H groups in total. The number of benzene rings is 2. The third-order valence-corrected chi connectivity index (χ3v) is 3.74. The van der Waals surface area contributed by atoms with Crippen molar-refractivity contribution in [2.75, 3.05) is 20.3 Å². The summed E-state index contributed by atoms with van der Waals surface area (Å²) in [4.78, 5) is 23.4. The summed E-state index contributed by atoms with van der Waals surface area (Å²) in [6.45, 7) is 4.97. The molecule has 6 nitrogen and oxygen atoms in total. The van der Waals surface area contributed by atoms with Crippen LogP contribution in [0.25, 0.3) is 6.08 Å². The number of esters is 2. The van der Waals surface area contributed by atoms with Crippen molar-refractivity contribution in [3.63, 3.8) is 0 Å². The van der Waals surface area contributed by atoms with E-state index >= 15 is 0 Å². The van der Waals surface area contributed by atoms with Gasteiger partial charge in [-0.05, 0) is 55.3 Å². The minimum Gasteiger partial charge on any atom is -0.490 e. The Morgan fingerprint density at radius 1 is 0.929 bits per heavy atom. The average Bonchev–Trinajstić information content (AvgIpc) is 2.72. The quantitative estimate of drug-likeness (QED) is 0.480.